The second-order valence-electron chi connectivity index (χ2n) is 5.06. The van der Waals surface area contributed by atoms with Crippen molar-refractivity contribution in [1.82, 2.24) is 15.0 Å². The summed E-state index contributed by atoms with van der Waals surface area (Å²) in [6.45, 7) is 4.71. The molecule has 3 rings (SSSR count). The van der Waals surface area contributed by atoms with E-state index in [1.165, 1.54) is 5.39 Å². The zero-order chi connectivity index (χ0) is 13.4. The molecule has 0 saturated heterocycles. The van der Waals surface area contributed by atoms with E-state index in [9.17, 15) is 0 Å². The Morgan fingerprint density at radius 2 is 2.05 bits per heavy atom. The van der Waals surface area contributed by atoms with Crippen LogP contribution in [0.15, 0.2) is 30.5 Å². The number of H-pyrrole nitrogens is 2. The van der Waals surface area contributed by atoms with Crippen molar-refractivity contribution < 1.29 is 0 Å². The number of aromatic amines is 2. The Morgan fingerprint density at radius 1 is 1.26 bits per heavy atom. The summed E-state index contributed by atoms with van der Waals surface area (Å²) < 4.78 is 0. The van der Waals surface area contributed by atoms with Crippen molar-refractivity contribution >= 4 is 10.9 Å². The highest BCUT2D eigenvalue weighted by Crippen LogP contribution is 2.30. The third-order valence-corrected chi connectivity index (χ3v) is 3.39. The van der Waals surface area contributed by atoms with Gasteiger partial charge in [-0.25, -0.2) is 4.98 Å². The molecule has 4 heteroatoms. The lowest BCUT2D eigenvalue weighted by Crippen LogP contribution is -1.98. The molecule has 0 atom stereocenters. The number of imidazole rings is 1. The van der Waals surface area contributed by atoms with E-state index >= 15 is 0 Å². The average molecular weight is 254 g/mol. The van der Waals surface area contributed by atoms with Crippen molar-refractivity contribution in [1.29, 1.82) is 0 Å². The number of hydrogen-bond acceptors (Lipinski definition) is 2. The number of nitrogens with zero attached hydrogens (tertiary/aromatic N) is 1. The van der Waals surface area contributed by atoms with Crippen LogP contribution in [0.5, 0.6) is 0 Å². The molecule has 0 aliphatic rings. The summed E-state index contributed by atoms with van der Waals surface area (Å²) in [7, 11) is 0. The molecule has 19 heavy (non-hydrogen) atoms. The number of benzene rings is 1. The minimum Gasteiger partial charge on any atom is -0.360 e. The van der Waals surface area contributed by atoms with Crippen LogP contribution in [0.4, 0.5) is 0 Å². The molecule has 0 aliphatic carbocycles. The molecule has 0 aliphatic heterocycles. The first kappa shape index (κ1) is 12.0. The van der Waals surface area contributed by atoms with Crippen LogP contribution in [-0.4, -0.2) is 15.0 Å². The first-order valence-corrected chi connectivity index (χ1v) is 6.56. The lowest BCUT2D eigenvalue weighted by molar-refractivity contribution is 0.788. The summed E-state index contributed by atoms with van der Waals surface area (Å²) in [4.78, 5) is 11.3. The molecule has 4 N–H and O–H groups in total. The number of nitrogens with one attached hydrogen (secondary N) is 2. The standard InChI is InChI=1S/C15H18N4/c1-9(2)15-18-13(7-16)14(19-15)11-8-17-12-6-4-3-5-10(11)12/h3-6,8-9,17H,7,16H2,1-2H3,(H,18,19). The minimum absolute atomic E-state index is 0.365. The summed E-state index contributed by atoms with van der Waals surface area (Å²) in [6.07, 6.45) is 2.00. The molecule has 0 amide bonds. The molecule has 0 unspecified atom stereocenters. The number of para-hydroxylation sites is 1. The summed E-state index contributed by atoms with van der Waals surface area (Å²) >= 11 is 0. The number of aromatic nitrogens is 3. The van der Waals surface area contributed by atoms with Gasteiger partial charge in [0.2, 0.25) is 0 Å². The van der Waals surface area contributed by atoms with Gasteiger partial charge in [-0.1, -0.05) is 32.0 Å². The maximum atomic E-state index is 5.83. The van der Waals surface area contributed by atoms with Crippen molar-refractivity contribution in [3.63, 3.8) is 0 Å². The molecule has 3 aromatic rings. The molecule has 1 aromatic carbocycles. The fourth-order valence-electron chi connectivity index (χ4n) is 2.34. The highest BCUT2D eigenvalue weighted by Gasteiger charge is 2.15. The monoisotopic (exact) mass is 254 g/mol. The molecule has 4 nitrogen and oxygen atoms in total. The normalized spacial score (nSPS) is 11.6. The molecule has 0 bridgehead atoms. The fourth-order valence-corrected chi connectivity index (χ4v) is 2.34. The maximum absolute atomic E-state index is 5.83. The second-order valence-corrected chi connectivity index (χ2v) is 5.06. The number of nitrogens with two attached hydrogens (primary N) is 1. The summed E-state index contributed by atoms with van der Waals surface area (Å²) in [5, 5.41) is 1.18. The van der Waals surface area contributed by atoms with Crippen LogP contribution >= 0.6 is 0 Å². The van der Waals surface area contributed by atoms with Gasteiger partial charge in [0.05, 0.1) is 11.4 Å². The average Bonchev–Trinajstić information content (AvgIpc) is 3.01. The second kappa shape index (κ2) is 4.55. The van der Waals surface area contributed by atoms with Crippen LogP contribution in [0.2, 0.25) is 0 Å². The van der Waals surface area contributed by atoms with E-state index in [0.29, 0.717) is 12.5 Å². The van der Waals surface area contributed by atoms with Gasteiger partial charge in [-0.3, -0.25) is 0 Å². The largest absolute Gasteiger partial charge is 0.360 e. The third-order valence-electron chi connectivity index (χ3n) is 3.39. The van der Waals surface area contributed by atoms with E-state index < -0.39 is 0 Å². The van der Waals surface area contributed by atoms with Gasteiger partial charge < -0.3 is 15.7 Å². The van der Waals surface area contributed by atoms with Crippen LogP contribution in [-0.2, 0) is 6.54 Å². The molecule has 98 valence electrons. The zero-order valence-electron chi connectivity index (χ0n) is 11.2. The van der Waals surface area contributed by atoms with E-state index in [1.807, 2.05) is 18.3 Å². The molecule has 0 fully saturated rings. The number of hydrogen-bond donors (Lipinski definition) is 3. The van der Waals surface area contributed by atoms with Gasteiger partial charge in [0.15, 0.2) is 0 Å². The van der Waals surface area contributed by atoms with Crippen molar-refractivity contribution in [2.45, 2.75) is 26.3 Å². The molecule has 2 aromatic heterocycles. The van der Waals surface area contributed by atoms with Gasteiger partial charge in [-0.05, 0) is 6.07 Å². The lowest BCUT2D eigenvalue weighted by atomic mass is 10.1. The molecule has 0 saturated carbocycles. The Bertz CT molecular complexity index is 706. The summed E-state index contributed by atoms with van der Waals surface area (Å²) in [5.41, 5.74) is 10.0. The lowest BCUT2D eigenvalue weighted by Gasteiger charge is -1.98. The van der Waals surface area contributed by atoms with Crippen LogP contribution < -0.4 is 5.73 Å². The quantitative estimate of drug-likeness (QED) is 0.672. The molecule has 0 spiro atoms. The maximum Gasteiger partial charge on any atom is 0.109 e. The topological polar surface area (TPSA) is 70.5 Å². The van der Waals surface area contributed by atoms with E-state index in [1.54, 1.807) is 0 Å². The molecular formula is C15H18N4. The van der Waals surface area contributed by atoms with Crippen LogP contribution in [0.1, 0.15) is 31.3 Å². The first-order chi connectivity index (χ1) is 9.20. The van der Waals surface area contributed by atoms with Gasteiger partial charge in [0, 0.05) is 35.1 Å². The highest BCUT2D eigenvalue weighted by molar-refractivity contribution is 5.95. The van der Waals surface area contributed by atoms with Gasteiger partial charge in [-0.2, -0.15) is 0 Å². The van der Waals surface area contributed by atoms with Gasteiger partial charge in [-0.15, -0.1) is 0 Å². The fraction of sp³-hybridized carbons (Fsp3) is 0.267. The van der Waals surface area contributed by atoms with Crippen LogP contribution in [0.25, 0.3) is 22.2 Å². The van der Waals surface area contributed by atoms with E-state index in [0.717, 1.165) is 28.3 Å². The van der Waals surface area contributed by atoms with Crippen LogP contribution in [0.3, 0.4) is 0 Å². The van der Waals surface area contributed by atoms with E-state index in [2.05, 4.69) is 35.9 Å². The Morgan fingerprint density at radius 3 is 2.79 bits per heavy atom. The minimum atomic E-state index is 0.365. The Hall–Kier alpha value is -2.07. The molecule has 2 heterocycles. The van der Waals surface area contributed by atoms with Crippen LogP contribution in [0, 0.1) is 0 Å². The highest BCUT2D eigenvalue weighted by atomic mass is 15.0. The predicted octanol–water partition coefficient (Wildman–Crippen LogP) is 3.14. The summed E-state index contributed by atoms with van der Waals surface area (Å²) in [6, 6.07) is 8.23. The number of rotatable bonds is 3. The zero-order valence-corrected chi connectivity index (χ0v) is 11.2. The first-order valence-electron chi connectivity index (χ1n) is 6.56. The van der Waals surface area contributed by atoms with Crippen molar-refractivity contribution in [3.05, 3.63) is 42.0 Å². The third kappa shape index (κ3) is 1.94. The van der Waals surface area contributed by atoms with Crippen molar-refractivity contribution in [3.8, 4) is 11.3 Å². The van der Waals surface area contributed by atoms with Crippen molar-refractivity contribution in [2.75, 3.05) is 0 Å². The Balaban J connectivity index is 2.20. The summed E-state index contributed by atoms with van der Waals surface area (Å²) in [5.74, 6) is 1.35. The Kier molecular flexibility index (Phi) is 2.87. The smallest absolute Gasteiger partial charge is 0.109 e. The number of fused-ring (bicyclic) bond motifs is 1. The molecular weight excluding hydrogens is 236 g/mol. The van der Waals surface area contributed by atoms with Gasteiger partial charge >= 0.3 is 0 Å². The molecule has 0 radical (unpaired) electrons. The Labute approximate surface area is 112 Å². The van der Waals surface area contributed by atoms with Gasteiger partial charge in [0.1, 0.15) is 5.82 Å². The van der Waals surface area contributed by atoms with Crippen molar-refractivity contribution in [2.24, 2.45) is 5.73 Å². The van der Waals surface area contributed by atoms with Gasteiger partial charge in [0.25, 0.3) is 0 Å². The predicted molar refractivity (Wildman–Crippen MR) is 77.9 cm³/mol. The van der Waals surface area contributed by atoms with E-state index in [4.69, 9.17) is 10.7 Å². The van der Waals surface area contributed by atoms with E-state index in [-0.39, 0.29) is 0 Å². The SMILES string of the molecule is CC(C)c1nc(-c2c[nH]c3ccccc23)c(CN)[nH]1.